The Balaban J connectivity index is 0.00000118. The summed E-state index contributed by atoms with van der Waals surface area (Å²) < 4.78 is 5.88. The number of hydrogen-bond acceptors (Lipinski definition) is 4. The summed E-state index contributed by atoms with van der Waals surface area (Å²) in [4.78, 5) is 16.8. The van der Waals surface area contributed by atoms with Crippen molar-refractivity contribution in [3.8, 4) is 0 Å². The van der Waals surface area contributed by atoms with Gasteiger partial charge in [0.25, 0.3) is 0 Å². The van der Waals surface area contributed by atoms with Crippen LogP contribution in [-0.2, 0) is 9.53 Å². The van der Waals surface area contributed by atoms with Gasteiger partial charge >= 0.3 is 5.97 Å². The fraction of sp³-hybridized carbons (Fsp3) is 0.950. The molecule has 24 heavy (non-hydrogen) atoms. The number of likely N-dealkylation sites (N-methyl/N-ethyl adjacent to an activating group) is 2. The number of esters is 1. The molecular formula is C20H42N2O2. The Hall–Kier alpha value is -0.610. The molecule has 0 saturated heterocycles. The van der Waals surface area contributed by atoms with Crippen LogP contribution in [0.3, 0.4) is 0 Å². The first-order chi connectivity index (χ1) is 11.3. The molecule has 1 rings (SSSR count). The summed E-state index contributed by atoms with van der Waals surface area (Å²) in [5, 5.41) is 0. The molecule has 1 fully saturated rings. The molecule has 0 aliphatic heterocycles. The van der Waals surface area contributed by atoms with Crippen molar-refractivity contribution in [1.82, 2.24) is 9.80 Å². The Kier molecular flexibility index (Phi) is 11.6. The highest BCUT2D eigenvalue weighted by Crippen LogP contribution is 2.51. The van der Waals surface area contributed by atoms with Crippen molar-refractivity contribution < 1.29 is 9.53 Å². The number of carbonyl (C=O) groups excluding carboxylic acids is 1. The lowest BCUT2D eigenvalue weighted by Gasteiger charge is -2.47. The largest absolute Gasteiger partial charge is 0.459 e. The van der Waals surface area contributed by atoms with Crippen molar-refractivity contribution in [2.75, 3.05) is 41.3 Å². The summed E-state index contributed by atoms with van der Waals surface area (Å²) in [5.74, 6) is 0.547. The van der Waals surface area contributed by atoms with Crippen LogP contribution in [0.5, 0.6) is 0 Å². The molecule has 2 atom stereocenters. The van der Waals surface area contributed by atoms with Gasteiger partial charge in [0, 0.05) is 13.1 Å². The molecule has 0 amide bonds. The average molecular weight is 343 g/mol. The summed E-state index contributed by atoms with van der Waals surface area (Å²) in [7, 11) is 8.07. The Morgan fingerprint density at radius 1 is 1.04 bits per heavy atom. The van der Waals surface area contributed by atoms with Crippen LogP contribution in [0.1, 0.15) is 66.2 Å². The Labute approximate surface area is 150 Å². The van der Waals surface area contributed by atoms with Crippen molar-refractivity contribution in [2.45, 2.75) is 72.3 Å². The zero-order valence-electron chi connectivity index (χ0n) is 17.5. The summed E-state index contributed by atoms with van der Waals surface area (Å²) in [5.41, 5.74) is -0.203. The van der Waals surface area contributed by atoms with E-state index in [1.165, 1.54) is 19.3 Å². The van der Waals surface area contributed by atoms with Crippen molar-refractivity contribution in [3.05, 3.63) is 0 Å². The number of carbonyl (C=O) groups is 1. The molecule has 0 radical (unpaired) electrons. The molecule has 0 heterocycles. The lowest BCUT2D eigenvalue weighted by atomic mass is 9.57. The van der Waals surface area contributed by atoms with Gasteiger partial charge in [-0.05, 0) is 53.4 Å². The van der Waals surface area contributed by atoms with Crippen LogP contribution in [0, 0.1) is 11.3 Å². The van der Waals surface area contributed by atoms with E-state index in [0.717, 1.165) is 32.4 Å². The van der Waals surface area contributed by atoms with E-state index >= 15 is 0 Å². The summed E-state index contributed by atoms with van der Waals surface area (Å²) in [6.07, 6.45) is 6.74. The van der Waals surface area contributed by atoms with Crippen LogP contribution in [0.15, 0.2) is 0 Å². The van der Waals surface area contributed by atoms with Gasteiger partial charge in [0.05, 0.1) is 5.41 Å². The zero-order valence-corrected chi connectivity index (χ0v) is 17.5. The molecule has 0 bridgehead atoms. The van der Waals surface area contributed by atoms with Gasteiger partial charge < -0.3 is 14.5 Å². The minimum absolute atomic E-state index is 0.0341. The molecule has 0 N–H and O–H groups in total. The maximum atomic E-state index is 12.7. The van der Waals surface area contributed by atoms with Gasteiger partial charge in [0.2, 0.25) is 0 Å². The second-order valence-electron chi connectivity index (χ2n) is 7.71. The predicted molar refractivity (Wildman–Crippen MR) is 103 cm³/mol. The highest BCUT2D eigenvalue weighted by Gasteiger charge is 2.51. The Bertz CT molecular complexity index is 327. The first-order valence-electron chi connectivity index (χ1n) is 9.77. The van der Waals surface area contributed by atoms with E-state index in [2.05, 4.69) is 37.5 Å². The zero-order chi connectivity index (χ0) is 18.8. The van der Waals surface area contributed by atoms with Crippen LogP contribution in [0.2, 0.25) is 0 Å². The van der Waals surface area contributed by atoms with Gasteiger partial charge in [-0.1, -0.05) is 47.0 Å². The lowest BCUT2D eigenvalue weighted by Crippen LogP contribution is -2.50. The minimum Gasteiger partial charge on any atom is -0.459 e. The van der Waals surface area contributed by atoms with Gasteiger partial charge in [-0.15, -0.1) is 0 Å². The van der Waals surface area contributed by atoms with E-state index in [-0.39, 0.29) is 17.5 Å². The van der Waals surface area contributed by atoms with Crippen molar-refractivity contribution in [1.29, 1.82) is 0 Å². The first kappa shape index (κ1) is 23.4. The molecule has 0 aromatic carbocycles. The van der Waals surface area contributed by atoms with Gasteiger partial charge in [-0.2, -0.15) is 0 Å². The number of ether oxygens (including phenoxy) is 1. The van der Waals surface area contributed by atoms with Crippen LogP contribution in [0.25, 0.3) is 0 Å². The maximum absolute atomic E-state index is 12.7. The van der Waals surface area contributed by atoms with E-state index in [4.69, 9.17) is 4.74 Å². The van der Waals surface area contributed by atoms with Crippen LogP contribution < -0.4 is 0 Å². The van der Waals surface area contributed by atoms with E-state index in [9.17, 15) is 4.79 Å². The molecule has 1 saturated carbocycles. The normalized spacial score (nSPS) is 23.0. The Morgan fingerprint density at radius 2 is 1.54 bits per heavy atom. The van der Waals surface area contributed by atoms with Crippen LogP contribution in [0.4, 0.5) is 0 Å². The van der Waals surface area contributed by atoms with Crippen LogP contribution >= 0.6 is 0 Å². The number of nitrogens with zero attached hydrogens (tertiary/aromatic N) is 2. The summed E-state index contributed by atoms with van der Waals surface area (Å²) >= 11 is 0. The highest BCUT2D eigenvalue weighted by atomic mass is 16.5. The third-order valence-electron chi connectivity index (χ3n) is 5.16. The quantitative estimate of drug-likeness (QED) is 0.592. The molecule has 4 heteroatoms. The van der Waals surface area contributed by atoms with E-state index in [1.54, 1.807) is 0 Å². The molecule has 0 aromatic heterocycles. The summed E-state index contributed by atoms with van der Waals surface area (Å²) in [6.45, 7) is 10.2. The van der Waals surface area contributed by atoms with Gasteiger partial charge in [0.1, 0.15) is 6.10 Å². The van der Waals surface area contributed by atoms with E-state index in [1.807, 2.05) is 28.2 Å². The lowest BCUT2D eigenvalue weighted by molar-refractivity contribution is -0.176. The monoisotopic (exact) mass is 342 g/mol. The minimum atomic E-state index is -0.203. The van der Waals surface area contributed by atoms with Crippen molar-refractivity contribution in [2.24, 2.45) is 11.3 Å². The molecule has 0 aromatic rings. The number of unbranched alkanes of at least 4 members (excludes halogenated alkanes) is 1. The first-order valence-corrected chi connectivity index (χ1v) is 9.77. The molecule has 0 spiro atoms. The topological polar surface area (TPSA) is 32.8 Å². The average Bonchev–Trinajstić information content (AvgIpc) is 2.46. The van der Waals surface area contributed by atoms with Crippen molar-refractivity contribution in [3.63, 3.8) is 0 Å². The molecule has 1 aliphatic carbocycles. The highest BCUT2D eigenvalue weighted by molar-refractivity contribution is 5.78. The third-order valence-corrected chi connectivity index (χ3v) is 5.16. The fourth-order valence-electron chi connectivity index (χ4n) is 3.39. The molecule has 2 unspecified atom stereocenters. The molecule has 144 valence electrons. The smallest absolute Gasteiger partial charge is 0.312 e. The molecule has 1 aliphatic rings. The van der Waals surface area contributed by atoms with Gasteiger partial charge in [-0.25, -0.2) is 0 Å². The molecular weight excluding hydrogens is 300 g/mol. The third kappa shape index (κ3) is 7.10. The standard InChI is InChI=1S/C16H32N2O2.C4H10/c1-7-13-9-10-16(13,8-2)15(19)20-14(11-17(3)4)12-18(5)6;1-3-4-2/h13-14H,7-12H2,1-6H3;3-4H2,1-2H3. The maximum Gasteiger partial charge on any atom is 0.312 e. The predicted octanol–water partition coefficient (Wildman–Crippen LogP) is 4.04. The van der Waals surface area contributed by atoms with E-state index in [0.29, 0.717) is 5.92 Å². The second kappa shape index (κ2) is 11.9. The number of hydrogen-bond donors (Lipinski definition) is 0. The van der Waals surface area contributed by atoms with Crippen molar-refractivity contribution >= 4 is 5.97 Å². The van der Waals surface area contributed by atoms with E-state index < -0.39 is 0 Å². The van der Waals surface area contributed by atoms with Crippen LogP contribution in [-0.4, -0.2) is 63.2 Å². The second-order valence-corrected chi connectivity index (χ2v) is 7.71. The van der Waals surface area contributed by atoms with Gasteiger partial charge in [0.15, 0.2) is 0 Å². The van der Waals surface area contributed by atoms with Gasteiger partial charge in [-0.3, -0.25) is 4.79 Å². The fourth-order valence-corrected chi connectivity index (χ4v) is 3.39. The summed E-state index contributed by atoms with van der Waals surface area (Å²) in [6, 6.07) is 0. The SMILES string of the molecule is CCC1CCC1(CC)C(=O)OC(CN(C)C)CN(C)C.CCCC. The number of rotatable bonds is 9. The molecule has 4 nitrogen and oxygen atoms in total. The Morgan fingerprint density at radius 3 is 1.79 bits per heavy atom.